The Morgan fingerprint density at radius 2 is 2.00 bits per heavy atom. The van der Waals surface area contributed by atoms with Crippen molar-refractivity contribution in [2.45, 2.75) is 6.42 Å². The van der Waals surface area contributed by atoms with Crippen molar-refractivity contribution in [2.24, 2.45) is 5.73 Å². The number of hydrogen-bond acceptors (Lipinski definition) is 4. The van der Waals surface area contributed by atoms with Crippen LogP contribution in [0.4, 0.5) is 8.78 Å². The Bertz CT molecular complexity index is 544. The van der Waals surface area contributed by atoms with Gasteiger partial charge in [-0.1, -0.05) is 22.9 Å². The second-order valence-corrected chi connectivity index (χ2v) is 4.76. The van der Waals surface area contributed by atoms with Crippen LogP contribution in [0.1, 0.15) is 5.01 Å². The van der Waals surface area contributed by atoms with Gasteiger partial charge in [-0.2, -0.15) is 0 Å². The van der Waals surface area contributed by atoms with E-state index in [0.717, 1.165) is 12.1 Å². The third-order valence-corrected chi connectivity index (χ3v) is 3.37. The molecule has 0 saturated carbocycles. The lowest BCUT2D eigenvalue weighted by molar-refractivity contribution is 0.603. The molecular formula is C10H8ClF2N3S. The summed E-state index contributed by atoms with van der Waals surface area (Å²) in [5.74, 6) is -1.30. The normalized spacial score (nSPS) is 10.8. The molecule has 0 bridgehead atoms. The lowest BCUT2D eigenvalue weighted by Crippen LogP contribution is -2.01. The van der Waals surface area contributed by atoms with Crippen molar-refractivity contribution in [2.75, 3.05) is 6.54 Å². The highest BCUT2D eigenvalue weighted by Gasteiger charge is 2.14. The SMILES string of the molecule is NCCc1nnc(-c2cc(F)c(Cl)cc2F)s1. The topological polar surface area (TPSA) is 51.8 Å². The van der Waals surface area contributed by atoms with Crippen LogP contribution in [0.3, 0.4) is 0 Å². The number of aromatic nitrogens is 2. The van der Waals surface area contributed by atoms with Crippen molar-refractivity contribution >= 4 is 22.9 Å². The zero-order chi connectivity index (χ0) is 12.4. The molecule has 0 amide bonds. The second-order valence-electron chi connectivity index (χ2n) is 3.29. The first-order valence-electron chi connectivity index (χ1n) is 4.79. The molecule has 3 nitrogen and oxygen atoms in total. The van der Waals surface area contributed by atoms with Gasteiger partial charge in [0.2, 0.25) is 0 Å². The summed E-state index contributed by atoms with van der Waals surface area (Å²) in [7, 11) is 0. The van der Waals surface area contributed by atoms with E-state index >= 15 is 0 Å². The average molecular weight is 276 g/mol. The largest absolute Gasteiger partial charge is 0.330 e. The van der Waals surface area contributed by atoms with E-state index in [9.17, 15) is 8.78 Å². The van der Waals surface area contributed by atoms with Crippen LogP contribution in [0.25, 0.3) is 10.6 Å². The van der Waals surface area contributed by atoms with Crippen LogP contribution < -0.4 is 5.73 Å². The molecule has 1 heterocycles. The molecule has 90 valence electrons. The van der Waals surface area contributed by atoms with Gasteiger partial charge in [0.25, 0.3) is 0 Å². The van der Waals surface area contributed by atoms with E-state index in [1.807, 2.05) is 0 Å². The van der Waals surface area contributed by atoms with E-state index in [2.05, 4.69) is 10.2 Å². The minimum atomic E-state index is -0.682. The quantitative estimate of drug-likeness (QED) is 0.876. The fraction of sp³-hybridized carbons (Fsp3) is 0.200. The fourth-order valence-corrected chi connectivity index (χ4v) is 2.30. The molecule has 0 unspecified atom stereocenters. The van der Waals surface area contributed by atoms with E-state index in [4.69, 9.17) is 17.3 Å². The summed E-state index contributed by atoms with van der Waals surface area (Å²) in [5, 5.41) is 8.40. The smallest absolute Gasteiger partial charge is 0.150 e. The monoisotopic (exact) mass is 275 g/mol. The zero-order valence-electron chi connectivity index (χ0n) is 8.58. The van der Waals surface area contributed by atoms with Crippen LogP contribution in [0.2, 0.25) is 5.02 Å². The highest BCUT2D eigenvalue weighted by molar-refractivity contribution is 7.14. The summed E-state index contributed by atoms with van der Waals surface area (Å²) in [6.45, 7) is 0.437. The van der Waals surface area contributed by atoms with Crippen LogP contribution in [0, 0.1) is 11.6 Å². The predicted octanol–water partition coefficient (Wildman–Crippen LogP) is 2.64. The molecule has 0 saturated heterocycles. The number of benzene rings is 1. The predicted molar refractivity (Wildman–Crippen MR) is 63.0 cm³/mol. The highest BCUT2D eigenvalue weighted by Crippen LogP contribution is 2.29. The van der Waals surface area contributed by atoms with E-state index in [-0.39, 0.29) is 10.6 Å². The van der Waals surface area contributed by atoms with Crippen LogP contribution >= 0.6 is 22.9 Å². The molecule has 0 spiro atoms. The van der Waals surface area contributed by atoms with Crippen LogP contribution in [0.5, 0.6) is 0 Å². The zero-order valence-corrected chi connectivity index (χ0v) is 10.2. The number of rotatable bonds is 3. The third-order valence-electron chi connectivity index (χ3n) is 2.07. The van der Waals surface area contributed by atoms with E-state index in [1.165, 1.54) is 11.3 Å². The summed E-state index contributed by atoms with van der Waals surface area (Å²) in [5.41, 5.74) is 5.43. The molecule has 0 aliphatic carbocycles. The minimum Gasteiger partial charge on any atom is -0.330 e. The first-order valence-corrected chi connectivity index (χ1v) is 5.98. The molecule has 2 rings (SSSR count). The van der Waals surface area contributed by atoms with E-state index in [1.54, 1.807) is 0 Å². The van der Waals surface area contributed by atoms with E-state index in [0.29, 0.717) is 23.0 Å². The van der Waals surface area contributed by atoms with Gasteiger partial charge in [-0.25, -0.2) is 8.78 Å². The average Bonchev–Trinajstić information content (AvgIpc) is 2.72. The molecule has 1 aromatic heterocycles. The summed E-state index contributed by atoms with van der Waals surface area (Å²) in [6.07, 6.45) is 0.565. The number of nitrogens with two attached hydrogens (primary N) is 1. The highest BCUT2D eigenvalue weighted by atomic mass is 35.5. The molecule has 1 aromatic carbocycles. The number of hydrogen-bond donors (Lipinski definition) is 1. The van der Waals surface area contributed by atoms with Crippen LogP contribution in [-0.4, -0.2) is 16.7 Å². The summed E-state index contributed by atoms with van der Waals surface area (Å²) in [6, 6.07) is 1.95. The molecule has 0 radical (unpaired) electrons. The number of halogens is 3. The molecule has 0 atom stereocenters. The van der Waals surface area contributed by atoms with Gasteiger partial charge >= 0.3 is 0 Å². The molecule has 2 aromatic rings. The van der Waals surface area contributed by atoms with E-state index < -0.39 is 11.6 Å². The Hall–Kier alpha value is -1.11. The van der Waals surface area contributed by atoms with Crippen LogP contribution in [0.15, 0.2) is 12.1 Å². The minimum absolute atomic E-state index is 0.0627. The molecule has 0 aliphatic heterocycles. The Kier molecular flexibility index (Phi) is 3.66. The van der Waals surface area contributed by atoms with Crippen molar-refractivity contribution in [1.29, 1.82) is 0 Å². The lowest BCUT2D eigenvalue weighted by Gasteiger charge is -2.00. The summed E-state index contributed by atoms with van der Waals surface area (Å²) < 4.78 is 26.8. The Morgan fingerprint density at radius 1 is 1.24 bits per heavy atom. The first kappa shape index (κ1) is 12.3. The standard InChI is InChI=1S/C10H8ClF2N3S/c11-6-4-7(12)5(3-8(6)13)10-16-15-9(17-10)1-2-14/h3-4H,1-2,14H2. The first-order chi connectivity index (χ1) is 8.11. The lowest BCUT2D eigenvalue weighted by atomic mass is 10.2. The molecular weight excluding hydrogens is 268 g/mol. The Labute approximate surface area is 105 Å². The van der Waals surface area contributed by atoms with Gasteiger partial charge in [0.05, 0.1) is 10.6 Å². The molecule has 0 aliphatic rings. The maximum Gasteiger partial charge on any atom is 0.150 e. The Balaban J connectivity index is 2.41. The molecule has 17 heavy (non-hydrogen) atoms. The van der Waals surface area contributed by atoms with Crippen molar-refractivity contribution in [3.05, 3.63) is 33.8 Å². The second kappa shape index (κ2) is 5.03. The Morgan fingerprint density at radius 3 is 2.71 bits per heavy atom. The third kappa shape index (κ3) is 2.59. The van der Waals surface area contributed by atoms with Crippen molar-refractivity contribution in [3.8, 4) is 10.6 Å². The summed E-state index contributed by atoms with van der Waals surface area (Å²) >= 11 is 6.65. The summed E-state index contributed by atoms with van der Waals surface area (Å²) in [4.78, 5) is 0. The van der Waals surface area contributed by atoms with Crippen molar-refractivity contribution in [1.82, 2.24) is 10.2 Å². The van der Waals surface area contributed by atoms with Gasteiger partial charge in [-0.05, 0) is 18.7 Å². The fourth-order valence-electron chi connectivity index (χ4n) is 1.27. The maximum atomic E-state index is 13.6. The van der Waals surface area contributed by atoms with Gasteiger partial charge in [-0.15, -0.1) is 10.2 Å². The molecule has 0 fully saturated rings. The van der Waals surface area contributed by atoms with Gasteiger partial charge in [-0.3, -0.25) is 0 Å². The number of nitrogens with zero attached hydrogens (tertiary/aromatic N) is 2. The molecule has 2 N–H and O–H groups in total. The van der Waals surface area contributed by atoms with Crippen molar-refractivity contribution < 1.29 is 8.78 Å². The van der Waals surface area contributed by atoms with Crippen molar-refractivity contribution in [3.63, 3.8) is 0 Å². The van der Waals surface area contributed by atoms with Gasteiger partial charge < -0.3 is 5.73 Å². The van der Waals surface area contributed by atoms with Gasteiger partial charge in [0.1, 0.15) is 16.6 Å². The van der Waals surface area contributed by atoms with Gasteiger partial charge in [0, 0.05) is 6.42 Å². The van der Waals surface area contributed by atoms with Gasteiger partial charge in [0.15, 0.2) is 5.01 Å². The van der Waals surface area contributed by atoms with Crippen LogP contribution in [-0.2, 0) is 6.42 Å². The molecule has 7 heteroatoms. The maximum absolute atomic E-state index is 13.6.